The lowest BCUT2D eigenvalue weighted by atomic mass is 9.95. The first-order valence-electron chi connectivity index (χ1n) is 14.1. The van der Waals surface area contributed by atoms with Crippen LogP contribution < -0.4 is 35.6 Å². The monoisotopic (exact) mass is 551 g/mol. The molecule has 0 aliphatic heterocycles. The van der Waals surface area contributed by atoms with E-state index in [2.05, 4.69) is 16.0 Å². The van der Waals surface area contributed by atoms with Gasteiger partial charge in [-0.05, 0) is 67.5 Å². The molecule has 1 saturated carbocycles. The van der Waals surface area contributed by atoms with E-state index in [1.165, 1.54) is 19.8 Å². The number of ether oxygens (including phenoxy) is 3. The van der Waals surface area contributed by atoms with Gasteiger partial charge >= 0.3 is 0 Å². The summed E-state index contributed by atoms with van der Waals surface area (Å²) in [5, 5.41) is 9.30. The molecule has 216 valence electrons. The summed E-state index contributed by atoms with van der Waals surface area (Å²) in [6.07, 6.45) is 7.81. The van der Waals surface area contributed by atoms with Crippen LogP contribution in [0, 0.1) is 0 Å². The number of hydrogen-bond acceptors (Lipinski definition) is 7. The predicted octanol–water partition coefficient (Wildman–Crippen LogP) is 4.50. The second kappa shape index (κ2) is 13.1. The summed E-state index contributed by atoms with van der Waals surface area (Å²) >= 11 is 0. The fraction of sp³-hybridized carbons (Fsp3) is 0.516. The van der Waals surface area contributed by atoms with Crippen LogP contribution in [0.25, 0.3) is 11.1 Å². The summed E-state index contributed by atoms with van der Waals surface area (Å²) < 4.78 is 17.1. The Morgan fingerprint density at radius 1 is 0.900 bits per heavy atom. The molecule has 0 aromatic heterocycles. The molecule has 2 amide bonds. The van der Waals surface area contributed by atoms with Gasteiger partial charge in [0.25, 0.3) is 0 Å². The van der Waals surface area contributed by atoms with E-state index < -0.39 is 12.1 Å². The number of fused-ring (bicyclic) bond motifs is 3. The summed E-state index contributed by atoms with van der Waals surface area (Å²) in [6, 6.07) is 6.19. The maximum atomic E-state index is 13.5. The number of amides is 2. The molecule has 2 aromatic rings. The standard InChI is InChI=1S/C31H41N3O6/c1-18(31(37)34-21-10-8-6-7-9-11-21)32-25-15-13-22-23(17-26(25)36)24(33-19(2)35)14-12-20-16-27(38-3)29(39-4)30(40-5)28(20)22/h13,15-18,21,24H,6-12,14H2,1-5H3,(H,32,36)(H,33,35)(H,34,37)/t18-,24-/m1/s1. The third kappa shape index (κ3) is 6.35. The van der Waals surface area contributed by atoms with E-state index in [9.17, 15) is 14.4 Å². The molecule has 2 aromatic carbocycles. The maximum absolute atomic E-state index is 13.5. The van der Waals surface area contributed by atoms with Gasteiger partial charge in [0.05, 0.1) is 33.1 Å². The van der Waals surface area contributed by atoms with Crippen molar-refractivity contribution < 1.29 is 23.8 Å². The van der Waals surface area contributed by atoms with Crippen molar-refractivity contribution in [2.45, 2.75) is 83.3 Å². The highest BCUT2D eigenvalue weighted by atomic mass is 16.5. The van der Waals surface area contributed by atoms with Crippen LogP contribution >= 0.6 is 0 Å². The van der Waals surface area contributed by atoms with E-state index in [-0.39, 0.29) is 23.3 Å². The number of carbonyl (C=O) groups excluding carboxylic acids is 2. The van der Waals surface area contributed by atoms with E-state index in [4.69, 9.17) is 14.2 Å². The normalized spacial score (nSPS) is 17.7. The van der Waals surface area contributed by atoms with Crippen LogP contribution in [-0.2, 0) is 16.0 Å². The van der Waals surface area contributed by atoms with Crippen molar-refractivity contribution in [2.24, 2.45) is 0 Å². The Balaban J connectivity index is 1.76. The largest absolute Gasteiger partial charge is 0.493 e. The van der Waals surface area contributed by atoms with Crippen molar-refractivity contribution >= 4 is 17.5 Å². The first kappa shape index (κ1) is 29.2. The smallest absolute Gasteiger partial charge is 0.242 e. The van der Waals surface area contributed by atoms with Gasteiger partial charge in [-0.2, -0.15) is 0 Å². The zero-order valence-corrected chi connectivity index (χ0v) is 24.1. The SMILES string of the molecule is COc1cc2c(c(OC)c1OC)-c1ccc(N[C@H](C)C(=O)NC3CCCCCC3)c(=O)cc1[C@H](NC(C)=O)CC2. The molecule has 4 rings (SSSR count). The molecule has 1 fully saturated rings. The number of hydrogen-bond donors (Lipinski definition) is 3. The zero-order chi connectivity index (χ0) is 28.8. The third-order valence-corrected chi connectivity index (χ3v) is 7.88. The Bertz CT molecular complexity index is 1300. The van der Waals surface area contributed by atoms with Gasteiger partial charge in [-0.15, -0.1) is 0 Å². The van der Waals surface area contributed by atoms with Gasteiger partial charge in [-0.25, -0.2) is 0 Å². The zero-order valence-electron chi connectivity index (χ0n) is 24.1. The number of rotatable bonds is 8. The van der Waals surface area contributed by atoms with Crippen LogP contribution in [0.1, 0.15) is 76.0 Å². The van der Waals surface area contributed by atoms with Gasteiger partial charge in [-0.1, -0.05) is 31.7 Å². The minimum Gasteiger partial charge on any atom is -0.493 e. The van der Waals surface area contributed by atoms with Crippen LogP contribution in [0.2, 0.25) is 0 Å². The number of anilines is 1. The number of methoxy groups -OCH3 is 3. The van der Waals surface area contributed by atoms with Crippen LogP contribution in [0.15, 0.2) is 29.1 Å². The van der Waals surface area contributed by atoms with Crippen molar-refractivity contribution in [3.05, 3.63) is 45.6 Å². The van der Waals surface area contributed by atoms with E-state index in [1.807, 2.05) is 12.1 Å². The molecule has 2 aliphatic rings. The quantitative estimate of drug-likeness (QED) is 0.414. The van der Waals surface area contributed by atoms with Crippen LogP contribution in [0.4, 0.5) is 5.69 Å². The molecule has 0 bridgehead atoms. The third-order valence-electron chi connectivity index (χ3n) is 7.88. The second-order valence-electron chi connectivity index (χ2n) is 10.7. The fourth-order valence-electron chi connectivity index (χ4n) is 5.88. The Hall–Kier alpha value is -3.75. The van der Waals surface area contributed by atoms with Crippen LogP contribution in [0.5, 0.6) is 17.2 Å². The average molecular weight is 552 g/mol. The molecule has 40 heavy (non-hydrogen) atoms. The van der Waals surface area contributed by atoms with Gasteiger partial charge in [0.2, 0.25) is 23.0 Å². The molecule has 0 spiro atoms. The van der Waals surface area contributed by atoms with E-state index in [1.54, 1.807) is 40.4 Å². The first-order chi connectivity index (χ1) is 19.3. The summed E-state index contributed by atoms with van der Waals surface area (Å²) in [4.78, 5) is 38.7. The van der Waals surface area contributed by atoms with Gasteiger partial charge in [-0.3, -0.25) is 14.4 Å². The fourth-order valence-corrected chi connectivity index (χ4v) is 5.88. The Morgan fingerprint density at radius 3 is 2.23 bits per heavy atom. The molecule has 2 atom stereocenters. The maximum Gasteiger partial charge on any atom is 0.242 e. The van der Waals surface area contributed by atoms with E-state index >= 15 is 0 Å². The van der Waals surface area contributed by atoms with Gasteiger partial charge in [0.1, 0.15) is 6.04 Å². The molecule has 0 radical (unpaired) electrons. The molecule has 9 heteroatoms. The summed E-state index contributed by atoms with van der Waals surface area (Å²) in [6.45, 7) is 3.23. The minimum absolute atomic E-state index is 0.126. The van der Waals surface area contributed by atoms with Crippen molar-refractivity contribution in [1.29, 1.82) is 0 Å². The summed E-state index contributed by atoms with van der Waals surface area (Å²) in [5.41, 5.74) is 3.18. The lowest BCUT2D eigenvalue weighted by Gasteiger charge is -2.20. The van der Waals surface area contributed by atoms with Crippen LogP contribution in [-0.4, -0.2) is 45.2 Å². The number of nitrogens with one attached hydrogen (secondary N) is 3. The molecule has 0 unspecified atom stereocenters. The second-order valence-corrected chi connectivity index (χ2v) is 10.7. The molecule has 0 saturated heterocycles. The van der Waals surface area contributed by atoms with Gasteiger partial charge in [0, 0.05) is 18.5 Å². The van der Waals surface area contributed by atoms with Gasteiger partial charge < -0.3 is 30.2 Å². The van der Waals surface area contributed by atoms with Crippen molar-refractivity contribution in [3.8, 4) is 28.4 Å². The molecular weight excluding hydrogens is 510 g/mol. The molecule has 9 nitrogen and oxygen atoms in total. The highest BCUT2D eigenvalue weighted by molar-refractivity contribution is 5.86. The molecule has 2 aliphatic carbocycles. The van der Waals surface area contributed by atoms with Crippen molar-refractivity contribution in [2.75, 3.05) is 26.6 Å². The minimum atomic E-state index is -0.601. The van der Waals surface area contributed by atoms with E-state index in [0.29, 0.717) is 41.3 Å². The number of aryl methyl sites for hydroxylation is 1. The molecule has 0 heterocycles. The van der Waals surface area contributed by atoms with E-state index in [0.717, 1.165) is 42.4 Å². The molecule has 3 N–H and O–H groups in total. The van der Waals surface area contributed by atoms with Crippen molar-refractivity contribution in [3.63, 3.8) is 0 Å². The lowest BCUT2D eigenvalue weighted by Crippen LogP contribution is -2.43. The first-order valence-corrected chi connectivity index (χ1v) is 14.1. The Kier molecular flexibility index (Phi) is 9.55. The van der Waals surface area contributed by atoms with Gasteiger partial charge in [0.15, 0.2) is 11.5 Å². The Morgan fingerprint density at radius 2 is 1.60 bits per heavy atom. The highest BCUT2D eigenvalue weighted by Crippen LogP contribution is 2.50. The summed E-state index contributed by atoms with van der Waals surface area (Å²) in [7, 11) is 4.69. The van der Waals surface area contributed by atoms with Crippen molar-refractivity contribution in [1.82, 2.24) is 10.6 Å². The lowest BCUT2D eigenvalue weighted by molar-refractivity contribution is -0.122. The Labute approximate surface area is 236 Å². The highest BCUT2D eigenvalue weighted by Gasteiger charge is 2.29. The number of benzene rings is 1. The summed E-state index contributed by atoms with van der Waals surface area (Å²) in [5.74, 6) is 1.16. The van der Waals surface area contributed by atoms with Crippen LogP contribution in [0.3, 0.4) is 0 Å². The number of carbonyl (C=O) groups is 2. The molecular formula is C31H41N3O6. The average Bonchev–Trinajstić information content (AvgIpc) is 3.34. The topological polar surface area (TPSA) is 115 Å². The predicted molar refractivity (Wildman–Crippen MR) is 155 cm³/mol.